The molecule has 0 bridgehead atoms. The highest BCUT2D eigenvalue weighted by molar-refractivity contribution is 5.46. The van der Waals surface area contributed by atoms with Gasteiger partial charge in [-0.2, -0.15) is 5.10 Å². The van der Waals surface area contributed by atoms with Crippen LogP contribution >= 0.6 is 0 Å². The van der Waals surface area contributed by atoms with Gasteiger partial charge < -0.3 is 19.3 Å². The topological polar surface area (TPSA) is 68.5 Å². The number of hydrogen-bond donors (Lipinski definition) is 1. The second-order valence-electron chi connectivity index (χ2n) is 6.95. The van der Waals surface area contributed by atoms with E-state index in [1.807, 2.05) is 35.0 Å². The SMILES string of the molecule is COc1ccc(O[C@@H]2CN(Cc3cccc4ccnn34)CC[C@H]2O)cc1OC. The van der Waals surface area contributed by atoms with Crippen molar-refractivity contribution in [3.8, 4) is 17.2 Å². The average molecular weight is 383 g/mol. The normalized spacial score (nSPS) is 20.2. The molecule has 28 heavy (non-hydrogen) atoms. The third kappa shape index (κ3) is 3.76. The number of ether oxygens (including phenoxy) is 3. The quantitative estimate of drug-likeness (QED) is 0.705. The summed E-state index contributed by atoms with van der Waals surface area (Å²) in [5.74, 6) is 1.90. The van der Waals surface area contributed by atoms with Gasteiger partial charge in [0.2, 0.25) is 0 Å². The van der Waals surface area contributed by atoms with Crippen LogP contribution in [0.3, 0.4) is 0 Å². The molecule has 0 spiro atoms. The van der Waals surface area contributed by atoms with Crippen LogP contribution in [0.4, 0.5) is 0 Å². The molecule has 0 unspecified atom stereocenters. The molecule has 1 saturated heterocycles. The minimum atomic E-state index is -0.509. The first-order valence-electron chi connectivity index (χ1n) is 9.38. The molecule has 2 atom stereocenters. The van der Waals surface area contributed by atoms with Crippen LogP contribution in [0, 0.1) is 0 Å². The van der Waals surface area contributed by atoms with Gasteiger partial charge in [0, 0.05) is 31.9 Å². The van der Waals surface area contributed by atoms with Crippen LogP contribution in [0.5, 0.6) is 17.2 Å². The fraction of sp³-hybridized carbons (Fsp3) is 0.381. The van der Waals surface area contributed by atoms with E-state index < -0.39 is 6.10 Å². The van der Waals surface area contributed by atoms with Crippen molar-refractivity contribution >= 4 is 5.52 Å². The van der Waals surface area contributed by atoms with Gasteiger partial charge in [-0.1, -0.05) is 6.07 Å². The predicted molar refractivity (Wildman–Crippen MR) is 105 cm³/mol. The Balaban J connectivity index is 1.47. The van der Waals surface area contributed by atoms with Crippen molar-refractivity contribution in [1.82, 2.24) is 14.5 Å². The highest BCUT2D eigenvalue weighted by Gasteiger charge is 2.30. The van der Waals surface area contributed by atoms with Crippen molar-refractivity contribution in [3.05, 3.63) is 54.4 Å². The molecule has 1 N–H and O–H groups in total. The zero-order chi connectivity index (χ0) is 19.5. The van der Waals surface area contributed by atoms with Crippen LogP contribution in [-0.4, -0.2) is 59.1 Å². The minimum Gasteiger partial charge on any atom is -0.493 e. The number of methoxy groups -OCH3 is 2. The summed E-state index contributed by atoms with van der Waals surface area (Å²) in [5.41, 5.74) is 2.19. The lowest BCUT2D eigenvalue weighted by Gasteiger charge is -2.36. The van der Waals surface area contributed by atoms with Crippen molar-refractivity contribution in [2.24, 2.45) is 0 Å². The van der Waals surface area contributed by atoms with Gasteiger partial charge in [-0.25, -0.2) is 4.52 Å². The van der Waals surface area contributed by atoms with E-state index in [9.17, 15) is 5.11 Å². The van der Waals surface area contributed by atoms with E-state index in [1.54, 1.807) is 26.4 Å². The van der Waals surface area contributed by atoms with Crippen molar-refractivity contribution in [1.29, 1.82) is 0 Å². The van der Waals surface area contributed by atoms with Gasteiger partial charge in [0.1, 0.15) is 11.9 Å². The molecular formula is C21H25N3O4. The summed E-state index contributed by atoms with van der Waals surface area (Å²) in [6, 6.07) is 13.6. The molecule has 0 radical (unpaired) electrons. The summed E-state index contributed by atoms with van der Waals surface area (Å²) >= 11 is 0. The molecule has 1 aromatic carbocycles. The molecule has 1 aliphatic heterocycles. The number of pyridine rings is 1. The first kappa shape index (κ1) is 18.6. The standard InChI is InChI=1S/C21H25N3O4/c1-26-19-7-6-17(12-20(19)27-2)28-21-14-23(11-9-18(21)25)13-16-5-3-4-15-8-10-22-24(15)16/h3-8,10,12,18,21,25H,9,11,13-14H2,1-2H3/t18-,21-/m1/s1. The number of rotatable bonds is 6. The third-order valence-electron chi connectivity index (χ3n) is 5.14. The number of aliphatic hydroxyl groups is 1. The maximum Gasteiger partial charge on any atom is 0.164 e. The zero-order valence-electron chi connectivity index (χ0n) is 16.1. The first-order chi connectivity index (χ1) is 13.7. The Bertz CT molecular complexity index is 942. The number of fused-ring (bicyclic) bond motifs is 1. The number of aliphatic hydroxyl groups excluding tert-OH is 1. The minimum absolute atomic E-state index is 0.316. The number of piperidine rings is 1. The van der Waals surface area contributed by atoms with Gasteiger partial charge in [0.05, 0.1) is 31.5 Å². The van der Waals surface area contributed by atoms with Crippen molar-refractivity contribution < 1.29 is 19.3 Å². The average Bonchev–Trinajstić information content (AvgIpc) is 3.20. The van der Waals surface area contributed by atoms with Crippen LogP contribution in [0.1, 0.15) is 12.1 Å². The Hall–Kier alpha value is -2.77. The monoisotopic (exact) mass is 383 g/mol. The summed E-state index contributed by atoms with van der Waals surface area (Å²) in [6.07, 6.45) is 1.64. The summed E-state index contributed by atoms with van der Waals surface area (Å²) in [7, 11) is 3.19. The summed E-state index contributed by atoms with van der Waals surface area (Å²) in [6.45, 7) is 2.19. The summed E-state index contributed by atoms with van der Waals surface area (Å²) in [4.78, 5) is 2.29. The molecule has 1 aliphatic rings. The molecule has 148 valence electrons. The van der Waals surface area contributed by atoms with Gasteiger partial charge in [-0.15, -0.1) is 0 Å². The second kappa shape index (κ2) is 8.08. The van der Waals surface area contributed by atoms with Gasteiger partial charge in [-0.05, 0) is 36.8 Å². The number of hydrogen-bond acceptors (Lipinski definition) is 6. The molecule has 7 heteroatoms. The molecule has 4 rings (SSSR count). The largest absolute Gasteiger partial charge is 0.493 e. The van der Waals surface area contributed by atoms with Crippen molar-refractivity contribution in [2.45, 2.75) is 25.2 Å². The number of nitrogens with zero attached hydrogens (tertiary/aromatic N) is 3. The summed E-state index contributed by atoms with van der Waals surface area (Å²) in [5, 5.41) is 14.9. The van der Waals surface area contributed by atoms with Gasteiger partial charge in [0.15, 0.2) is 11.5 Å². The molecule has 7 nitrogen and oxygen atoms in total. The molecule has 2 aromatic heterocycles. The molecule has 0 aliphatic carbocycles. The van der Waals surface area contributed by atoms with Gasteiger partial charge in [0.25, 0.3) is 0 Å². The zero-order valence-corrected chi connectivity index (χ0v) is 16.1. The van der Waals surface area contributed by atoms with E-state index in [0.717, 1.165) is 24.3 Å². The third-order valence-corrected chi connectivity index (χ3v) is 5.14. The molecule has 3 aromatic rings. The Morgan fingerprint density at radius 3 is 2.79 bits per heavy atom. The highest BCUT2D eigenvalue weighted by Crippen LogP contribution is 2.32. The smallest absolute Gasteiger partial charge is 0.164 e. The van der Waals surface area contributed by atoms with E-state index in [-0.39, 0.29) is 6.10 Å². The molecule has 1 fully saturated rings. The second-order valence-corrected chi connectivity index (χ2v) is 6.95. The summed E-state index contributed by atoms with van der Waals surface area (Å²) < 4.78 is 18.7. The number of likely N-dealkylation sites (tertiary alicyclic amines) is 1. The first-order valence-corrected chi connectivity index (χ1v) is 9.38. The van der Waals surface area contributed by atoms with Crippen molar-refractivity contribution in [2.75, 3.05) is 27.3 Å². The van der Waals surface area contributed by atoms with Crippen LogP contribution < -0.4 is 14.2 Å². The van der Waals surface area contributed by atoms with E-state index in [4.69, 9.17) is 14.2 Å². The van der Waals surface area contributed by atoms with E-state index in [0.29, 0.717) is 30.2 Å². The fourth-order valence-corrected chi connectivity index (χ4v) is 3.65. The number of aromatic nitrogens is 2. The Morgan fingerprint density at radius 2 is 1.96 bits per heavy atom. The molecule has 0 saturated carbocycles. The van der Waals surface area contributed by atoms with Gasteiger partial charge in [-0.3, -0.25) is 4.90 Å². The highest BCUT2D eigenvalue weighted by atomic mass is 16.5. The Kier molecular flexibility index (Phi) is 5.36. The van der Waals surface area contributed by atoms with E-state index in [1.165, 1.54) is 0 Å². The lowest BCUT2D eigenvalue weighted by Crippen LogP contribution is -2.49. The lowest BCUT2D eigenvalue weighted by molar-refractivity contribution is -0.0272. The maximum atomic E-state index is 10.5. The lowest BCUT2D eigenvalue weighted by atomic mass is 10.0. The Morgan fingerprint density at radius 1 is 1.11 bits per heavy atom. The van der Waals surface area contributed by atoms with Crippen LogP contribution in [0.25, 0.3) is 5.52 Å². The predicted octanol–water partition coefficient (Wildman–Crippen LogP) is 2.37. The molecular weight excluding hydrogens is 358 g/mol. The number of benzene rings is 1. The van der Waals surface area contributed by atoms with Crippen LogP contribution in [0.15, 0.2) is 48.7 Å². The Labute approximate surface area is 164 Å². The van der Waals surface area contributed by atoms with Crippen LogP contribution in [0.2, 0.25) is 0 Å². The molecule has 0 amide bonds. The van der Waals surface area contributed by atoms with Crippen LogP contribution in [-0.2, 0) is 6.54 Å². The van der Waals surface area contributed by atoms with E-state index in [2.05, 4.69) is 16.1 Å². The van der Waals surface area contributed by atoms with Crippen molar-refractivity contribution in [3.63, 3.8) is 0 Å². The fourth-order valence-electron chi connectivity index (χ4n) is 3.65. The van der Waals surface area contributed by atoms with Gasteiger partial charge >= 0.3 is 0 Å². The molecule has 3 heterocycles. The maximum absolute atomic E-state index is 10.5. The van der Waals surface area contributed by atoms with E-state index >= 15 is 0 Å².